The lowest BCUT2D eigenvalue weighted by molar-refractivity contribution is 0.792. The van der Waals surface area contributed by atoms with Gasteiger partial charge >= 0.3 is 0 Å². The van der Waals surface area contributed by atoms with Crippen LogP contribution in [-0.2, 0) is 0 Å². The van der Waals surface area contributed by atoms with Gasteiger partial charge in [-0.05, 0) is 19.1 Å². The second-order valence-corrected chi connectivity index (χ2v) is 4.15. The number of hydrogen-bond acceptors (Lipinski definition) is 4. The lowest BCUT2D eigenvalue weighted by atomic mass is 10.1. The maximum absolute atomic E-state index is 5.99. The summed E-state index contributed by atoms with van der Waals surface area (Å²) in [6.07, 6.45) is 7.09. The maximum Gasteiger partial charge on any atom is 0.156 e. The van der Waals surface area contributed by atoms with Gasteiger partial charge in [0.25, 0.3) is 0 Å². The molecule has 0 amide bonds. The molecule has 3 rings (SSSR count). The Morgan fingerprint density at radius 3 is 2.89 bits per heavy atom. The molecule has 3 aromatic heterocycles. The standard InChI is InChI=1S/C13H13N5/c1-9(14)12-13(10-4-2-3-5-16-10)18-7-6-15-8-11(18)17-12/h2-9H,14H2,1H3/t9-/m0/s1. The SMILES string of the molecule is C[C@H](N)c1nc2cnccn2c1-c1ccccn1. The normalized spacial score (nSPS) is 12.8. The van der Waals surface area contributed by atoms with Crippen LogP contribution in [0.1, 0.15) is 18.7 Å². The third-order valence-corrected chi connectivity index (χ3v) is 2.80. The molecular formula is C13H13N5. The van der Waals surface area contributed by atoms with E-state index in [2.05, 4.69) is 15.0 Å². The predicted octanol–water partition coefficient (Wildman–Crippen LogP) is 1.81. The molecule has 0 aliphatic rings. The van der Waals surface area contributed by atoms with Gasteiger partial charge in [-0.15, -0.1) is 0 Å². The molecule has 0 aliphatic carbocycles. The first-order valence-corrected chi connectivity index (χ1v) is 5.76. The molecule has 0 aliphatic heterocycles. The Morgan fingerprint density at radius 2 is 2.17 bits per heavy atom. The Balaban J connectivity index is 2.35. The Morgan fingerprint density at radius 1 is 1.28 bits per heavy atom. The molecule has 18 heavy (non-hydrogen) atoms. The fourth-order valence-corrected chi connectivity index (χ4v) is 2.00. The van der Waals surface area contributed by atoms with E-state index in [1.54, 1.807) is 18.6 Å². The second-order valence-electron chi connectivity index (χ2n) is 4.15. The average Bonchev–Trinajstić information content (AvgIpc) is 2.79. The highest BCUT2D eigenvalue weighted by Crippen LogP contribution is 2.26. The van der Waals surface area contributed by atoms with Gasteiger partial charge in [-0.25, -0.2) is 4.98 Å². The third-order valence-electron chi connectivity index (χ3n) is 2.80. The van der Waals surface area contributed by atoms with Gasteiger partial charge in [0.15, 0.2) is 5.65 Å². The minimum absolute atomic E-state index is 0.151. The van der Waals surface area contributed by atoms with Crippen molar-refractivity contribution < 1.29 is 0 Å². The van der Waals surface area contributed by atoms with Crippen molar-refractivity contribution in [3.63, 3.8) is 0 Å². The minimum atomic E-state index is -0.151. The smallest absolute Gasteiger partial charge is 0.156 e. The number of nitrogens with two attached hydrogens (primary N) is 1. The minimum Gasteiger partial charge on any atom is -0.323 e. The molecule has 2 N–H and O–H groups in total. The van der Waals surface area contributed by atoms with E-state index in [1.807, 2.05) is 35.7 Å². The molecule has 5 nitrogen and oxygen atoms in total. The molecule has 0 radical (unpaired) electrons. The van der Waals surface area contributed by atoms with Crippen molar-refractivity contribution in [2.75, 3.05) is 0 Å². The van der Waals surface area contributed by atoms with Crippen LogP contribution in [-0.4, -0.2) is 19.4 Å². The van der Waals surface area contributed by atoms with Crippen molar-refractivity contribution in [3.8, 4) is 11.4 Å². The van der Waals surface area contributed by atoms with Crippen LogP contribution in [0.25, 0.3) is 17.0 Å². The van der Waals surface area contributed by atoms with Gasteiger partial charge < -0.3 is 5.73 Å². The van der Waals surface area contributed by atoms with E-state index in [0.29, 0.717) is 0 Å². The highest BCUT2D eigenvalue weighted by Gasteiger charge is 2.17. The molecule has 0 saturated carbocycles. The van der Waals surface area contributed by atoms with E-state index in [0.717, 1.165) is 22.7 Å². The number of rotatable bonds is 2. The summed E-state index contributed by atoms with van der Waals surface area (Å²) in [5.74, 6) is 0. The molecule has 0 spiro atoms. The van der Waals surface area contributed by atoms with Crippen molar-refractivity contribution in [3.05, 3.63) is 48.7 Å². The van der Waals surface area contributed by atoms with Crippen molar-refractivity contribution in [2.24, 2.45) is 5.73 Å². The molecule has 0 unspecified atom stereocenters. The van der Waals surface area contributed by atoms with Crippen LogP contribution in [0, 0.1) is 0 Å². The van der Waals surface area contributed by atoms with E-state index in [-0.39, 0.29) is 6.04 Å². The van der Waals surface area contributed by atoms with E-state index in [1.165, 1.54) is 0 Å². The van der Waals surface area contributed by atoms with E-state index in [9.17, 15) is 0 Å². The van der Waals surface area contributed by atoms with Crippen LogP contribution in [0.15, 0.2) is 43.0 Å². The van der Waals surface area contributed by atoms with Crippen molar-refractivity contribution in [1.29, 1.82) is 0 Å². The number of pyridine rings is 1. The summed E-state index contributed by atoms with van der Waals surface area (Å²) in [7, 11) is 0. The molecule has 0 bridgehead atoms. The summed E-state index contributed by atoms with van der Waals surface area (Å²) in [6, 6.07) is 5.64. The van der Waals surface area contributed by atoms with Gasteiger partial charge in [-0.3, -0.25) is 14.4 Å². The summed E-state index contributed by atoms with van der Waals surface area (Å²) < 4.78 is 1.97. The monoisotopic (exact) mass is 239 g/mol. The summed E-state index contributed by atoms with van der Waals surface area (Å²) in [6.45, 7) is 1.92. The number of fused-ring (bicyclic) bond motifs is 1. The average molecular weight is 239 g/mol. The molecule has 0 saturated heterocycles. The summed E-state index contributed by atoms with van der Waals surface area (Å²) >= 11 is 0. The Kier molecular flexibility index (Phi) is 2.53. The van der Waals surface area contributed by atoms with Crippen LogP contribution in [0.2, 0.25) is 0 Å². The lowest BCUT2D eigenvalue weighted by Gasteiger charge is -2.06. The highest BCUT2D eigenvalue weighted by atomic mass is 15.1. The zero-order valence-electron chi connectivity index (χ0n) is 9.99. The zero-order valence-corrected chi connectivity index (χ0v) is 9.99. The number of imidazole rings is 1. The van der Waals surface area contributed by atoms with E-state index in [4.69, 9.17) is 5.73 Å². The van der Waals surface area contributed by atoms with Gasteiger partial charge in [0, 0.05) is 24.6 Å². The van der Waals surface area contributed by atoms with Gasteiger partial charge in [0.05, 0.1) is 23.3 Å². The summed E-state index contributed by atoms with van der Waals surface area (Å²) in [5.41, 5.74) is 9.41. The van der Waals surface area contributed by atoms with Gasteiger partial charge in [-0.1, -0.05) is 6.07 Å². The quantitative estimate of drug-likeness (QED) is 0.740. The van der Waals surface area contributed by atoms with Crippen LogP contribution >= 0.6 is 0 Å². The molecule has 3 aromatic rings. The summed E-state index contributed by atoms with van der Waals surface area (Å²) in [4.78, 5) is 13.0. The predicted molar refractivity (Wildman–Crippen MR) is 68.8 cm³/mol. The zero-order chi connectivity index (χ0) is 12.5. The fraction of sp³-hybridized carbons (Fsp3) is 0.154. The Bertz CT molecular complexity index is 672. The van der Waals surface area contributed by atoms with E-state index < -0.39 is 0 Å². The number of aromatic nitrogens is 4. The van der Waals surface area contributed by atoms with Gasteiger partial charge in [0.2, 0.25) is 0 Å². The molecular weight excluding hydrogens is 226 g/mol. The van der Waals surface area contributed by atoms with Crippen LogP contribution in [0.5, 0.6) is 0 Å². The third kappa shape index (κ3) is 1.65. The number of nitrogens with zero attached hydrogens (tertiary/aromatic N) is 4. The topological polar surface area (TPSA) is 69.1 Å². The Labute approximate surface area is 104 Å². The van der Waals surface area contributed by atoms with E-state index >= 15 is 0 Å². The molecule has 90 valence electrons. The molecule has 0 fully saturated rings. The van der Waals surface area contributed by atoms with Crippen molar-refractivity contribution in [2.45, 2.75) is 13.0 Å². The molecule has 5 heteroatoms. The number of hydrogen-bond donors (Lipinski definition) is 1. The van der Waals surface area contributed by atoms with Crippen molar-refractivity contribution >= 4 is 5.65 Å². The van der Waals surface area contributed by atoms with Gasteiger partial charge in [-0.2, -0.15) is 0 Å². The largest absolute Gasteiger partial charge is 0.323 e. The molecule has 0 aromatic carbocycles. The first kappa shape index (κ1) is 10.9. The lowest BCUT2D eigenvalue weighted by Crippen LogP contribution is -2.07. The molecule has 3 heterocycles. The molecule has 1 atom stereocenters. The van der Waals surface area contributed by atoms with Crippen LogP contribution in [0.3, 0.4) is 0 Å². The summed E-state index contributed by atoms with van der Waals surface area (Å²) in [5, 5.41) is 0. The Hall–Kier alpha value is -2.27. The van der Waals surface area contributed by atoms with Crippen molar-refractivity contribution in [1.82, 2.24) is 19.4 Å². The van der Waals surface area contributed by atoms with Gasteiger partial charge in [0.1, 0.15) is 0 Å². The first-order valence-electron chi connectivity index (χ1n) is 5.76. The fourth-order valence-electron chi connectivity index (χ4n) is 2.00. The maximum atomic E-state index is 5.99. The van der Waals surface area contributed by atoms with Crippen LogP contribution in [0.4, 0.5) is 0 Å². The second kappa shape index (κ2) is 4.19. The first-order chi connectivity index (χ1) is 8.77. The highest BCUT2D eigenvalue weighted by molar-refractivity contribution is 5.64. The van der Waals surface area contributed by atoms with Crippen LogP contribution < -0.4 is 5.73 Å².